The first kappa shape index (κ1) is 11.4. The second-order valence-electron chi connectivity index (χ2n) is 3.38. The largest absolute Gasteiger partial charge is 0.352 e. The van der Waals surface area contributed by atoms with E-state index in [1.807, 2.05) is 19.1 Å². The van der Waals surface area contributed by atoms with E-state index < -0.39 is 0 Å². The third-order valence-electron chi connectivity index (χ3n) is 2.17. The summed E-state index contributed by atoms with van der Waals surface area (Å²) in [6.45, 7) is 3.87. The highest BCUT2D eigenvalue weighted by Gasteiger charge is 2.00. The lowest BCUT2D eigenvalue weighted by molar-refractivity contribution is -0.120. The zero-order chi connectivity index (χ0) is 11.3. The molecule has 0 spiro atoms. The minimum Gasteiger partial charge on any atom is -0.352 e. The van der Waals surface area contributed by atoms with Gasteiger partial charge < -0.3 is 5.32 Å². The van der Waals surface area contributed by atoms with Crippen molar-refractivity contribution in [2.45, 2.75) is 26.8 Å². The molecule has 0 aliphatic heterocycles. The van der Waals surface area contributed by atoms with E-state index in [9.17, 15) is 9.59 Å². The van der Waals surface area contributed by atoms with Gasteiger partial charge in [0.1, 0.15) is 0 Å². The molecule has 0 saturated heterocycles. The Labute approximate surface area is 89.5 Å². The van der Waals surface area contributed by atoms with Crippen LogP contribution >= 0.6 is 0 Å². The summed E-state index contributed by atoms with van der Waals surface area (Å²) in [7, 11) is 0. The number of hydrogen-bond acceptors (Lipinski definition) is 2. The second kappa shape index (κ2) is 5.29. The van der Waals surface area contributed by atoms with Crippen molar-refractivity contribution in [2.24, 2.45) is 0 Å². The fraction of sp³-hybridized carbons (Fsp3) is 0.333. The molecule has 0 aliphatic rings. The predicted molar refractivity (Wildman–Crippen MR) is 58.6 cm³/mol. The maximum absolute atomic E-state index is 11.0. The Balaban J connectivity index is 2.57. The van der Waals surface area contributed by atoms with Gasteiger partial charge in [0.25, 0.3) is 0 Å². The van der Waals surface area contributed by atoms with Gasteiger partial charge in [0.2, 0.25) is 5.91 Å². The van der Waals surface area contributed by atoms with Crippen molar-refractivity contribution in [2.75, 3.05) is 0 Å². The van der Waals surface area contributed by atoms with Crippen LogP contribution in [0.3, 0.4) is 0 Å². The molecular weight excluding hydrogens is 190 g/mol. The summed E-state index contributed by atoms with van der Waals surface area (Å²) in [5.74, 6) is 0.0878. The molecule has 0 atom stereocenters. The lowest BCUT2D eigenvalue weighted by atomic mass is 10.1. The molecule has 0 unspecified atom stereocenters. The maximum atomic E-state index is 11.0. The van der Waals surface area contributed by atoms with Crippen LogP contribution in [0.5, 0.6) is 0 Å². The molecule has 1 amide bonds. The molecule has 1 aromatic rings. The molecule has 1 N–H and O–H groups in total. The molecule has 1 aromatic carbocycles. The Kier molecular flexibility index (Phi) is 4.03. The number of ketones is 1. The normalized spacial score (nSPS) is 9.73. The first-order valence-corrected chi connectivity index (χ1v) is 5.00. The van der Waals surface area contributed by atoms with Crippen LogP contribution in [0.4, 0.5) is 0 Å². The van der Waals surface area contributed by atoms with Gasteiger partial charge in [-0.1, -0.05) is 31.2 Å². The van der Waals surface area contributed by atoms with Crippen LogP contribution < -0.4 is 5.32 Å². The van der Waals surface area contributed by atoms with E-state index in [1.165, 1.54) is 6.92 Å². The zero-order valence-corrected chi connectivity index (χ0v) is 9.04. The first-order valence-electron chi connectivity index (χ1n) is 5.00. The van der Waals surface area contributed by atoms with Crippen LogP contribution in [-0.2, 0) is 11.3 Å². The lowest BCUT2D eigenvalue weighted by Gasteiger charge is -2.04. The fourth-order valence-corrected chi connectivity index (χ4v) is 1.18. The highest BCUT2D eigenvalue weighted by Crippen LogP contribution is 2.04. The smallest absolute Gasteiger partial charge is 0.219 e. The topological polar surface area (TPSA) is 46.2 Å². The van der Waals surface area contributed by atoms with Crippen LogP contribution in [-0.4, -0.2) is 11.7 Å². The molecule has 1 rings (SSSR count). The molecule has 0 radical (unpaired) electrons. The van der Waals surface area contributed by atoms with Crippen LogP contribution in [0.25, 0.3) is 0 Å². The molecule has 80 valence electrons. The average Bonchev–Trinajstić information content (AvgIpc) is 2.26. The van der Waals surface area contributed by atoms with Crippen molar-refractivity contribution in [3.05, 3.63) is 35.4 Å². The molecule has 0 bridgehead atoms. The van der Waals surface area contributed by atoms with Crippen LogP contribution in [0, 0.1) is 0 Å². The van der Waals surface area contributed by atoms with E-state index in [0.717, 1.165) is 5.56 Å². The number of carbonyl (C=O) groups is 2. The molecule has 0 heterocycles. The van der Waals surface area contributed by atoms with Gasteiger partial charge in [-0.2, -0.15) is 0 Å². The first-order chi connectivity index (χ1) is 7.13. The van der Waals surface area contributed by atoms with Gasteiger partial charge in [-0.25, -0.2) is 0 Å². The molecular formula is C12H15NO2. The number of Topliss-reactive ketones (excluding diaryl/α,β-unsaturated/α-hetero) is 1. The van der Waals surface area contributed by atoms with E-state index in [-0.39, 0.29) is 11.7 Å². The van der Waals surface area contributed by atoms with Crippen molar-refractivity contribution in [3.8, 4) is 0 Å². The molecule has 3 heteroatoms. The average molecular weight is 205 g/mol. The molecule has 0 fully saturated rings. The predicted octanol–water partition coefficient (Wildman–Crippen LogP) is 1.92. The van der Waals surface area contributed by atoms with Gasteiger partial charge in [0, 0.05) is 18.5 Å². The summed E-state index contributed by atoms with van der Waals surface area (Å²) in [5, 5.41) is 2.77. The van der Waals surface area contributed by atoms with E-state index in [2.05, 4.69) is 5.32 Å². The summed E-state index contributed by atoms with van der Waals surface area (Å²) in [4.78, 5) is 22.0. The summed E-state index contributed by atoms with van der Waals surface area (Å²) in [6, 6.07) is 7.25. The van der Waals surface area contributed by atoms with E-state index in [0.29, 0.717) is 18.5 Å². The second-order valence-corrected chi connectivity index (χ2v) is 3.38. The molecule has 0 saturated carbocycles. The van der Waals surface area contributed by atoms with Crippen LogP contribution in [0.15, 0.2) is 24.3 Å². The Morgan fingerprint density at radius 2 is 1.80 bits per heavy atom. The van der Waals surface area contributed by atoms with E-state index >= 15 is 0 Å². The Hall–Kier alpha value is -1.64. The minimum atomic E-state index is 0.0330. The van der Waals surface area contributed by atoms with Crippen LogP contribution in [0.2, 0.25) is 0 Å². The van der Waals surface area contributed by atoms with Crippen molar-refractivity contribution < 1.29 is 9.59 Å². The van der Waals surface area contributed by atoms with Gasteiger partial charge in [-0.05, 0) is 12.5 Å². The monoisotopic (exact) mass is 205 g/mol. The highest BCUT2D eigenvalue weighted by atomic mass is 16.1. The van der Waals surface area contributed by atoms with Crippen molar-refractivity contribution in [1.82, 2.24) is 5.32 Å². The van der Waals surface area contributed by atoms with Gasteiger partial charge in [-0.3, -0.25) is 9.59 Å². The quantitative estimate of drug-likeness (QED) is 0.763. The Morgan fingerprint density at radius 3 is 2.27 bits per heavy atom. The number of nitrogens with one attached hydrogen (secondary N) is 1. The molecule has 0 aliphatic carbocycles. The minimum absolute atomic E-state index is 0.0330. The standard InChI is InChI=1S/C12H15NO2/c1-3-12(15)13-8-10-4-6-11(7-5-10)9(2)14/h4-7H,3,8H2,1-2H3,(H,13,15). The number of hydrogen-bond donors (Lipinski definition) is 1. The van der Waals surface area contributed by atoms with Crippen molar-refractivity contribution in [1.29, 1.82) is 0 Å². The third kappa shape index (κ3) is 3.54. The SMILES string of the molecule is CCC(=O)NCc1ccc(C(C)=O)cc1. The Bertz CT molecular complexity index is 354. The summed E-state index contributed by atoms with van der Waals surface area (Å²) >= 11 is 0. The number of rotatable bonds is 4. The summed E-state index contributed by atoms with van der Waals surface area (Å²) in [5.41, 5.74) is 1.70. The van der Waals surface area contributed by atoms with E-state index in [1.54, 1.807) is 12.1 Å². The number of carbonyl (C=O) groups excluding carboxylic acids is 2. The lowest BCUT2D eigenvalue weighted by Crippen LogP contribution is -2.21. The van der Waals surface area contributed by atoms with Gasteiger partial charge >= 0.3 is 0 Å². The fourth-order valence-electron chi connectivity index (χ4n) is 1.18. The van der Waals surface area contributed by atoms with Gasteiger partial charge in [-0.15, -0.1) is 0 Å². The van der Waals surface area contributed by atoms with Gasteiger partial charge in [0.05, 0.1) is 0 Å². The maximum Gasteiger partial charge on any atom is 0.219 e. The highest BCUT2D eigenvalue weighted by molar-refractivity contribution is 5.94. The van der Waals surface area contributed by atoms with Crippen molar-refractivity contribution >= 4 is 11.7 Å². The van der Waals surface area contributed by atoms with E-state index in [4.69, 9.17) is 0 Å². The summed E-state index contributed by atoms with van der Waals surface area (Å²) in [6.07, 6.45) is 0.492. The van der Waals surface area contributed by atoms with Gasteiger partial charge in [0.15, 0.2) is 5.78 Å². The van der Waals surface area contributed by atoms with Crippen LogP contribution in [0.1, 0.15) is 36.2 Å². The molecule has 15 heavy (non-hydrogen) atoms. The number of amides is 1. The third-order valence-corrected chi connectivity index (χ3v) is 2.17. The summed E-state index contributed by atoms with van der Waals surface area (Å²) < 4.78 is 0. The molecule has 0 aromatic heterocycles. The molecule has 3 nitrogen and oxygen atoms in total. The van der Waals surface area contributed by atoms with Crippen molar-refractivity contribution in [3.63, 3.8) is 0 Å². The Morgan fingerprint density at radius 1 is 1.20 bits per heavy atom. The zero-order valence-electron chi connectivity index (χ0n) is 9.04. The number of benzene rings is 1.